The van der Waals surface area contributed by atoms with Crippen LogP contribution in [0.25, 0.3) is 0 Å². The molecule has 0 fully saturated rings. The van der Waals surface area contributed by atoms with Crippen LogP contribution in [0.1, 0.15) is 32.1 Å². The SMILES string of the molecule is O=C(O)CCCCCCNS(=O)(=O)c1ccc(Cl)cc1F. The summed E-state index contributed by atoms with van der Waals surface area (Å²) in [4.78, 5) is 9.86. The van der Waals surface area contributed by atoms with Crippen LogP contribution in [0.5, 0.6) is 0 Å². The molecule has 5 nitrogen and oxygen atoms in total. The number of carboxylic acids is 1. The molecule has 2 N–H and O–H groups in total. The number of carboxylic acid groups (broad SMARTS) is 1. The quantitative estimate of drug-likeness (QED) is 0.679. The summed E-state index contributed by atoms with van der Waals surface area (Å²) in [6.45, 7) is 0.178. The van der Waals surface area contributed by atoms with E-state index in [9.17, 15) is 17.6 Å². The van der Waals surface area contributed by atoms with Gasteiger partial charge in [-0.2, -0.15) is 0 Å². The van der Waals surface area contributed by atoms with Crippen LogP contribution in [0.15, 0.2) is 23.1 Å². The molecule has 0 saturated carbocycles. The smallest absolute Gasteiger partial charge is 0.303 e. The Hall–Kier alpha value is -1.18. The normalized spacial score (nSPS) is 11.5. The molecule has 0 bridgehead atoms. The first-order chi connectivity index (χ1) is 9.83. The van der Waals surface area contributed by atoms with Gasteiger partial charge >= 0.3 is 5.97 Å². The highest BCUT2D eigenvalue weighted by atomic mass is 35.5. The molecule has 1 rings (SSSR count). The van der Waals surface area contributed by atoms with Crippen LogP contribution < -0.4 is 4.72 Å². The molecule has 21 heavy (non-hydrogen) atoms. The number of halogens is 2. The lowest BCUT2D eigenvalue weighted by atomic mass is 10.1. The van der Waals surface area contributed by atoms with E-state index in [4.69, 9.17) is 16.7 Å². The average Bonchev–Trinajstić information content (AvgIpc) is 2.36. The zero-order valence-corrected chi connectivity index (χ0v) is 12.9. The van der Waals surface area contributed by atoms with Gasteiger partial charge in [0.15, 0.2) is 0 Å². The third-order valence-corrected chi connectivity index (χ3v) is 4.52. The predicted molar refractivity (Wildman–Crippen MR) is 77.3 cm³/mol. The highest BCUT2D eigenvalue weighted by Gasteiger charge is 2.18. The van der Waals surface area contributed by atoms with E-state index in [1.165, 1.54) is 6.07 Å². The second-order valence-corrected chi connectivity index (χ2v) is 6.70. The van der Waals surface area contributed by atoms with Gasteiger partial charge in [-0.05, 0) is 31.0 Å². The molecule has 0 atom stereocenters. The lowest BCUT2D eigenvalue weighted by Gasteiger charge is -2.07. The summed E-state index contributed by atoms with van der Waals surface area (Å²) in [5.74, 6) is -1.73. The van der Waals surface area contributed by atoms with E-state index < -0.39 is 26.7 Å². The number of sulfonamides is 1. The molecular formula is C13H17ClFNO4S. The molecule has 0 amide bonds. The highest BCUT2D eigenvalue weighted by Crippen LogP contribution is 2.18. The van der Waals surface area contributed by atoms with Crippen molar-refractivity contribution < 1.29 is 22.7 Å². The number of carbonyl (C=O) groups is 1. The van der Waals surface area contributed by atoms with E-state index in [-0.39, 0.29) is 18.0 Å². The standard InChI is InChI=1S/C13H17ClFNO4S/c14-10-6-7-12(11(15)9-10)21(19,20)16-8-4-2-1-3-5-13(17)18/h6-7,9,16H,1-5,8H2,(H,17,18). The first kappa shape index (κ1) is 17.9. The minimum absolute atomic E-state index is 0.113. The number of unbranched alkanes of at least 4 members (excludes halogenated alkanes) is 3. The van der Waals surface area contributed by atoms with Gasteiger partial charge in [-0.25, -0.2) is 17.5 Å². The summed E-state index contributed by atoms with van der Waals surface area (Å²) in [7, 11) is -3.89. The third kappa shape index (κ3) is 6.41. The van der Waals surface area contributed by atoms with E-state index in [1.807, 2.05) is 0 Å². The van der Waals surface area contributed by atoms with Crippen molar-refractivity contribution in [3.8, 4) is 0 Å². The van der Waals surface area contributed by atoms with E-state index in [0.29, 0.717) is 25.7 Å². The van der Waals surface area contributed by atoms with Gasteiger partial charge in [0.25, 0.3) is 0 Å². The van der Waals surface area contributed by atoms with Crippen molar-refractivity contribution in [1.29, 1.82) is 0 Å². The Balaban J connectivity index is 2.38. The van der Waals surface area contributed by atoms with Crippen molar-refractivity contribution in [3.05, 3.63) is 29.0 Å². The fourth-order valence-electron chi connectivity index (χ4n) is 1.73. The summed E-state index contributed by atoms with van der Waals surface area (Å²) in [6, 6.07) is 3.37. The predicted octanol–water partition coefficient (Wildman–Crippen LogP) is 2.79. The number of nitrogens with one attached hydrogen (secondary N) is 1. The number of benzene rings is 1. The van der Waals surface area contributed by atoms with Gasteiger partial charge in [-0.15, -0.1) is 0 Å². The zero-order valence-electron chi connectivity index (χ0n) is 11.3. The molecule has 0 unspecified atom stereocenters. The summed E-state index contributed by atoms with van der Waals surface area (Å²) in [5.41, 5.74) is 0. The molecule has 0 saturated heterocycles. The molecule has 0 aliphatic rings. The monoisotopic (exact) mass is 337 g/mol. The van der Waals surface area contributed by atoms with E-state index >= 15 is 0 Å². The van der Waals surface area contributed by atoms with E-state index in [2.05, 4.69) is 4.72 Å². The largest absolute Gasteiger partial charge is 0.481 e. The zero-order chi connectivity index (χ0) is 15.9. The number of hydrogen-bond acceptors (Lipinski definition) is 3. The molecule has 1 aromatic rings. The van der Waals surface area contributed by atoms with Crippen molar-refractivity contribution in [3.63, 3.8) is 0 Å². The number of rotatable bonds is 9. The van der Waals surface area contributed by atoms with Crippen LogP contribution in [-0.4, -0.2) is 26.0 Å². The minimum atomic E-state index is -3.89. The van der Waals surface area contributed by atoms with Gasteiger partial charge in [0.05, 0.1) is 0 Å². The highest BCUT2D eigenvalue weighted by molar-refractivity contribution is 7.89. The first-order valence-corrected chi connectivity index (χ1v) is 8.35. The van der Waals surface area contributed by atoms with Gasteiger partial charge in [0.1, 0.15) is 10.7 Å². The van der Waals surface area contributed by atoms with Gasteiger partial charge in [0.2, 0.25) is 10.0 Å². The van der Waals surface area contributed by atoms with Gasteiger partial charge < -0.3 is 5.11 Å². The summed E-state index contributed by atoms with van der Waals surface area (Å²) < 4.78 is 39.6. The number of aliphatic carboxylic acids is 1. The van der Waals surface area contributed by atoms with Crippen LogP contribution in [0.2, 0.25) is 5.02 Å². The lowest BCUT2D eigenvalue weighted by molar-refractivity contribution is -0.137. The van der Waals surface area contributed by atoms with Crippen molar-refractivity contribution in [2.45, 2.75) is 37.0 Å². The van der Waals surface area contributed by atoms with Crippen LogP contribution in [-0.2, 0) is 14.8 Å². The fraction of sp³-hybridized carbons (Fsp3) is 0.462. The minimum Gasteiger partial charge on any atom is -0.481 e. The van der Waals surface area contributed by atoms with E-state index in [0.717, 1.165) is 12.1 Å². The molecule has 0 heterocycles. The molecular weight excluding hydrogens is 321 g/mol. The lowest BCUT2D eigenvalue weighted by Crippen LogP contribution is -2.25. The maximum absolute atomic E-state index is 13.5. The van der Waals surface area contributed by atoms with Crippen LogP contribution in [0.4, 0.5) is 4.39 Å². The maximum Gasteiger partial charge on any atom is 0.303 e. The topological polar surface area (TPSA) is 83.5 Å². The second kappa shape index (κ2) is 8.31. The Bertz CT molecular complexity index is 592. The summed E-state index contributed by atoms with van der Waals surface area (Å²) in [5, 5.41) is 8.59. The Morgan fingerprint density at radius 1 is 1.24 bits per heavy atom. The maximum atomic E-state index is 13.5. The van der Waals surface area contributed by atoms with Crippen LogP contribution in [0.3, 0.4) is 0 Å². The Labute approximate surface area is 128 Å². The molecule has 0 aliphatic carbocycles. The fourth-order valence-corrected chi connectivity index (χ4v) is 3.02. The molecule has 0 aliphatic heterocycles. The van der Waals surface area contributed by atoms with Crippen molar-refractivity contribution in [2.24, 2.45) is 0 Å². The molecule has 0 radical (unpaired) electrons. The first-order valence-electron chi connectivity index (χ1n) is 6.49. The summed E-state index contributed by atoms with van der Waals surface area (Å²) >= 11 is 5.57. The molecule has 1 aromatic carbocycles. The van der Waals surface area contributed by atoms with Crippen LogP contribution in [0, 0.1) is 5.82 Å². The van der Waals surface area contributed by atoms with Crippen LogP contribution >= 0.6 is 11.6 Å². The van der Waals surface area contributed by atoms with Gasteiger partial charge in [-0.1, -0.05) is 24.4 Å². The van der Waals surface area contributed by atoms with Crippen molar-refractivity contribution >= 4 is 27.6 Å². The Morgan fingerprint density at radius 2 is 1.90 bits per heavy atom. The Kier molecular flexibility index (Phi) is 7.07. The van der Waals surface area contributed by atoms with Gasteiger partial charge in [0, 0.05) is 18.0 Å². The van der Waals surface area contributed by atoms with E-state index in [1.54, 1.807) is 0 Å². The Morgan fingerprint density at radius 3 is 2.52 bits per heavy atom. The third-order valence-electron chi connectivity index (χ3n) is 2.79. The second-order valence-electron chi connectivity index (χ2n) is 4.53. The van der Waals surface area contributed by atoms with Gasteiger partial charge in [-0.3, -0.25) is 4.79 Å². The number of hydrogen-bond donors (Lipinski definition) is 2. The molecule has 118 valence electrons. The van der Waals surface area contributed by atoms with Crippen molar-refractivity contribution in [1.82, 2.24) is 4.72 Å². The van der Waals surface area contributed by atoms with Crippen molar-refractivity contribution in [2.75, 3.05) is 6.54 Å². The molecule has 0 spiro atoms. The molecule has 8 heteroatoms. The average molecular weight is 338 g/mol. The summed E-state index contributed by atoms with van der Waals surface area (Å²) in [6.07, 6.45) is 2.66. The molecule has 0 aromatic heterocycles.